The van der Waals surface area contributed by atoms with E-state index in [0.717, 1.165) is 37.2 Å². The third-order valence-electron chi connectivity index (χ3n) is 7.51. The van der Waals surface area contributed by atoms with Gasteiger partial charge in [-0.25, -0.2) is 9.59 Å². The minimum absolute atomic E-state index is 0.0165. The fraction of sp³-hybridized carbons (Fsp3) is 0.379. The van der Waals surface area contributed by atoms with E-state index >= 15 is 0 Å². The van der Waals surface area contributed by atoms with Crippen LogP contribution in [0.25, 0.3) is 0 Å². The highest BCUT2D eigenvalue weighted by molar-refractivity contribution is 5.97. The quantitative estimate of drug-likeness (QED) is 0.243. The van der Waals surface area contributed by atoms with Crippen molar-refractivity contribution in [1.29, 1.82) is 0 Å². The number of aromatic nitrogens is 1. The van der Waals surface area contributed by atoms with Crippen LogP contribution in [0.15, 0.2) is 71.3 Å². The SMILES string of the molecule is CCOC(=O)c1cc(C(=O)C[N+]23CCC(CC2)C(OC(=O)C(Nc2ccccc2)c2ccccc2)C3)on1. The normalized spacial score (nSPS) is 22.9. The van der Waals surface area contributed by atoms with Gasteiger partial charge in [-0.3, -0.25) is 4.79 Å². The molecular formula is C29H32N3O6+. The van der Waals surface area contributed by atoms with E-state index < -0.39 is 12.0 Å². The van der Waals surface area contributed by atoms with E-state index in [9.17, 15) is 14.4 Å². The van der Waals surface area contributed by atoms with Crippen molar-refractivity contribution in [2.75, 3.05) is 38.1 Å². The molecule has 3 aliphatic heterocycles. The molecule has 2 atom stereocenters. The van der Waals surface area contributed by atoms with E-state index in [2.05, 4.69) is 10.5 Å². The molecule has 0 aliphatic carbocycles. The first-order valence-corrected chi connectivity index (χ1v) is 13.1. The molecule has 2 aromatic carbocycles. The molecule has 1 aromatic heterocycles. The molecule has 4 heterocycles. The minimum atomic E-state index is -0.653. The highest BCUT2D eigenvalue weighted by Crippen LogP contribution is 2.37. The van der Waals surface area contributed by atoms with E-state index in [4.69, 9.17) is 14.0 Å². The lowest BCUT2D eigenvalue weighted by Crippen LogP contribution is -2.65. The van der Waals surface area contributed by atoms with Crippen molar-refractivity contribution < 1.29 is 32.9 Å². The number of quaternary nitrogens is 1. The van der Waals surface area contributed by atoms with Crippen LogP contribution in [0.4, 0.5) is 5.69 Å². The smallest absolute Gasteiger partial charge is 0.360 e. The summed E-state index contributed by atoms with van der Waals surface area (Å²) in [7, 11) is 0. The number of carbonyl (C=O) groups is 3. The Morgan fingerprint density at radius 3 is 2.42 bits per heavy atom. The van der Waals surface area contributed by atoms with Gasteiger partial charge in [-0.15, -0.1) is 0 Å². The standard InChI is InChI=1S/C29H32N3O6/c1-2-36-28(34)23-17-25(38-31-23)24(33)18-32-15-13-20(14-16-32)26(19-32)37-29(35)27(21-9-5-3-6-10-21)30-22-11-7-4-8-12-22/h3-12,17,20,26-27,30H,2,13-16,18-19H2,1H3/q+1. The molecule has 3 saturated heterocycles. The molecule has 9 nitrogen and oxygen atoms in total. The number of Topliss-reactive ketones (excluding diaryl/α,β-unsaturated/α-hetero) is 1. The van der Waals surface area contributed by atoms with Gasteiger partial charge in [-0.2, -0.15) is 0 Å². The predicted octanol–water partition coefficient (Wildman–Crippen LogP) is 4.04. The van der Waals surface area contributed by atoms with Gasteiger partial charge in [0.05, 0.1) is 19.7 Å². The number of anilines is 1. The van der Waals surface area contributed by atoms with Gasteiger partial charge < -0.3 is 23.8 Å². The van der Waals surface area contributed by atoms with E-state index in [1.54, 1.807) is 6.92 Å². The van der Waals surface area contributed by atoms with E-state index in [0.29, 0.717) is 11.0 Å². The van der Waals surface area contributed by atoms with Crippen LogP contribution in [0, 0.1) is 5.92 Å². The van der Waals surface area contributed by atoms with Crippen LogP contribution in [0.2, 0.25) is 0 Å². The molecule has 38 heavy (non-hydrogen) atoms. The van der Waals surface area contributed by atoms with Gasteiger partial charge in [0.25, 0.3) is 5.78 Å². The second-order valence-corrected chi connectivity index (χ2v) is 10.0. The summed E-state index contributed by atoms with van der Waals surface area (Å²) in [5.74, 6) is -0.880. The van der Waals surface area contributed by atoms with Gasteiger partial charge >= 0.3 is 11.9 Å². The average Bonchev–Trinajstić information content (AvgIpc) is 3.44. The summed E-state index contributed by atoms with van der Waals surface area (Å²) in [5, 5.41) is 7.01. The monoisotopic (exact) mass is 518 g/mol. The maximum atomic E-state index is 13.5. The number of esters is 2. The van der Waals surface area contributed by atoms with Crippen LogP contribution in [0.1, 0.15) is 52.4 Å². The Morgan fingerprint density at radius 2 is 1.74 bits per heavy atom. The molecule has 2 unspecified atom stereocenters. The summed E-state index contributed by atoms with van der Waals surface area (Å²) in [5.41, 5.74) is 1.64. The summed E-state index contributed by atoms with van der Waals surface area (Å²) in [6, 6.07) is 19.8. The maximum Gasteiger partial charge on any atom is 0.360 e. The Balaban J connectivity index is 1.28. The topological polar surface area (TPSA) is 108 Å². The first-order chi connectivity index (χ1) is 18.5. The maximum absolute atomic E-state index is 13.5. The highest BCUT2D eigenvalue weighted by atomic mass is 16.5. The number of hydrogen-bond donors (Lipinski definition) is 1. The number of ether oxygens (including phenoxy) is 2. The lowest BCUT2D eigenvalue weighted by atomic mass is 9.83. The number of rotatable bonds is 10. The molecule has 9 heteroatoms. The number of piperidine rings is 3. The molecule has 6 rings (SSSR count). The number of fused-ring (bicyclic) bond motifs is 3. The Labute approximate surface area is 221 Å². The van der Waals surface area contributed by atoms with Crippen molar-refractivity contribution in [3.63, 3.8) is 0 Å². The largest absolute Gasteiger partial charge is 0.461 e. The van der Waals surface area contributed by atoms with Crippen molar-refractivity contribution in [1.82, 2.24) is 5.16 Å². The second-order valence-electron chi connectivity index (χ2n) is 10.0. The molecule has 1 N–H and O–H groups in total. The molecule has 3 fully saturated rings. The summed E-state index contributed by atoms with van der Waals surface area (Å²) in [4.78, 5) is 38.5. The molecule has 3 aromatic rings. The Bertz CT molecular complexity index is 1270. The van der Waals surface area contributed by atoms with Gasteiger partial charge in [-0.1, -0.05) is 53.7 Å². The minimum Gasteiger partial charge on any atom is -0.461 e. The van der Waals surface area contributed by atoms with Crippen LogP contribution in [-0.4, -0.2) is 66.3 Å². The number of ketones is 1. The van der Waals surface area contributed by atoms with Gasteiger partial charge in [0, 0.05) is 30.5 Å². The van der Waals surface area contributed by atoms with Crippen LogP contribution in [-0.2, 0) is 14.3 Å². The number of nitrogens with zero attached hydrogens (tertiary/aromatic N) is 2. The molecule has 198 valence electrons. The Morgan fingerprint density at radius 1 is 1.05 bits per heavy atom. The zero-order valence-electron chi connectivity index (χ0n) is 21.4. The lowest BCUT2D eigenvalue weighted by Gasteiger charge is -2.51. The predicted molar refractivity (Wildman–Crippen MR) is 138 cm³/mol. The summed E-state index contributed by atoms with van der Waals surface area (Å²) >= 11 is 0. The average molecular weight is 519 g/mol. The number of para-hydroxylation sites is 1. The number of nitrogens with one attached hydrogen (secondary N) is 1. The summed E-state index contributed by atoms with van der Waals surface area (Å²) < 4.78 is 16.8. The summed E-state index contributed by atoms with van der Waals surface area (Å²) in [6.45, 7) is 4.32. The number of benzene rings is 2. The number of carbonyl (C=O) groups excluding carboxylic acids is 3. The lowest BCUT2D eigenvalue weighted by molar-refractivity contribution is -0.938. The third-order valence-corrected chi connectivity index (χ3v) is 7.51. The van der Waals surface area contributed by atoms with Crippen molar-refractivity contribution in [3.05, 3.63) is 83.7 Å². The third kappa shape index (κ3) is 5.62. The molecule has 2 bridgehead atoms. The van der Waals surface area contributed by atoms with Crippen LogP contribution in [0.3, 0.4) is 0 Å². The van der Waals surface area contributed by atoms with Gasteiger partial charge in [0.2, 0.25) is 5.76 Å². The Hall–Kier alpha value is -3.98. The van der Waals surface area contributed by atoms with Gasteiger partial charge in [-0.05, 0) is 24.6 Å². The number of hydrogen-bond acceptors (Lipinski definition) is 8. The highest BCUT2D eigenvalue weighted by Gasteiger charge is 2.49. The van der Waals surface area contributed by atoms with Crippen molar-refractivity contribution in [3.8, 4) is 0 Å². The molecule has 0 amide bonds. The van der Waals surface area contributed by atoms with Crippen LogP contribution in [0.5, 0.6) is 0 Å². The molecule has 0 spiro atoms. The molecule has 3 aliphatic rings. The first-order valence-electron chi connectivity index (χ1n) is 13.1. The van der Waals surface area contributed by atoms with E-state index in [-0.39, 0.29) is 48.4 Å². The van der Waals surface area contributed by atoms with Crippen LogP contribution >= 0.6 is 0 Å². The first kappa shape index (κ1) is 25.7. The van der Waals surface area contributed by atoms with Gasteiger partial charge in [0.15, 0.2) is 17.8 Å². The zero-order chi connectivity index (χ0) is 26.5. The van der Waals surface area contributed by atoms with Crippen molar-refractivity contribution in [2.24, 2.45) is 5.92 Å². The van der Waals surface area contributed by atoms with E-state index in [1.165, 1.54) is 6.07 Å². The van der Waals surface area contributed by atoms with Crippen molar-refractivity contribution >= 4 is 23.4 Å². The summed E-state index contributed by atoms with van der Waals surface area (Å²) in [6.07, 6.45) is 1.46. The van der Waals surface area contributed by atoms with Gasteiger partial charge in [0.1, 0.15) is 13.1 Å². The second kappa shape index (κ2) is 11.2. The van der Waals surface area contributed by atoms with Crippen LogP contribution < -0.4 is 5.32 Å². The molecular weight excluding hydrogens is 486 g/mol. The van der Waals surface area contributed by atoms with Crippen molar-refractivity contribution in [2.45, 2.75) is 31.9 Å². The molecule has 0 radical (unpaired) electrons. The van der Waals surface area contributed by atoms with E-state index in [1.807, 2.05) is 60.7 Å². The fourth-order valence-electron chi connectivity index (χ4n) is 5.51. The zero-order valence-corrected chi connectivity index (χ0v) is 21.4. The fourth-order valence-corrected chi connectivity index (χ4v) is 5.51. The Kier molecular flexibility index (Phi) is 7.55. The molecule has 0 saturated carbocycles.